The number of benzene rings is 1. The molecule has 0 aliphatic carbocycles. The Morgan fingerprint density at radius 2 is 1.96 bits per heavy atom. The minimum absolute atomic E-state index is 0.0658. The van der Waals surface area contributed by atoms with E-state index in [-0.39, 0.29) is 18.4 Å². The number of amides is 1. The van der Waals surface area contributed by atoms with Gasteiger partial charge in [0, 0.05) is 13.5 Å². The molecule has 2 heterocycles. The maximum Gasteiger partial charge on any atom is 0.227 e. The molecule has 1 aromatic carbocycles. The van der Waals surface area contributed by atoms with E-state index in [1.165, 1.54) is 19.3 Å². The molecule has 0 bridgehead atoms. The lowest BCUT2D eigenvalue weighted by molar-refractivity contribution is -0.120. The van der Waals surface area contributed by atoms with Crippen molar-refractivity contribution < 1.29 is 18.8 Å². The van der Waals surface area contributed by atoms with Gasteiger partial charge in [-0.1, -0.05) is 17.6 Å². The van der Waals surface area contributed by atoms with Crippen molar-refractivity contribution in [3.63, 3.8) is 0 Å². The van der Waals surface area contributed by atoms with Crippen molar-refractivity contribution >= 4 is 5.91 Å². The predicted octanol–water partition coefficient (Wildman–Crippen LogP) is 2.28. The van der Waals surface area contributed by atoms with Gasteiger partial charge < -0.3 is 19.3 Å². The Labute approximate surface area is 165 Å². The zero-order valence-electron chi connectivity index (χ0n) is 16.7. The molecule has 3 rings (SSSR count). The maximum atomic E-state index is 12.4. The fraction of sp³-hybridized carbons (Fsp3) is 0.550. The van der Waals surface area contributed by atoms with Gasteiger partial charge in [0.2, 0.25) is 11.8 Å². The normalized spacial score (nSPS) is 15.8. The molecular formula is C20H28N4O4. The Morgan fingerprint density at radius 1 is 1.21 bits per heavy atom. The van der Waals surface area contributed by atoms with Gasteiger partial charge in [-0.25, -0.2) is 0 Å². The molecule has 8 nitrogen and oxygen atoms in total. The van der Waals surface area contributed by atoms with E-state index in [1.54, 1.807) is 21.1 Å². The van der Waals surface area contributed by atoms with Crippen LogP contribution in [0.1, 0.15) is 42.6 Å². The maximum absolute atomic E-state index is 12.4. The third kappa shape index (κ3) is 5.01. The van der Waals surface area contributed by atoms with E-state index in [0.29, 0.717) is 29.8 Å². The third-order valence-electron chi connectivity index (χ3n) is 5.00. The summed E-state index contributed by atoms with van der Waals surface area (Å²) in [6.45, 7) is 4.24. The molecule has 1 aromatic heterocycles. The fourth-order valence-corrected chi connectivity index (χ4v) is 3.58. The molecule has 1 amide bonds. The quantitative estimate of drug-likeness (QED) is 0.742. The first-order valence-corrected chi connectivity index (χ1v) is 9.62. The molecular weight excluding hydrogens is 360 g/mol. The van der Waals surface area contributed by atoms with E-state index >= 15 is 0 Å². The van der Waals surface area contributed by atoms with Crippen LogP contribution in [-0.2, 0) is 11.2 Å². The van der Waals surface area contributed by atoms with Gasteiger partial charge in [-0.3, -0.25) is 9.69 Å². The number of aryl methyl sites for hydroxylation is 1. The minimum Gasteiger partial charge on any atom is -0.493 e. The molecule has 1 saturated heterocycles. The molecule has 1 aliphatic heterocycles. The number of carbonyl (C=O) groups excluding carboxylic acids is 1. The minimum atomic E-state index is -0.122. The van der Waals surface area contributed by atoms with Crippen LogP contribution in [0.3, 0.4) is 0 Å². The molecule has 2 aromatic rings. The third-order valence-corrected chi connectivity index (χ3v) is 5.00. The van der Waals surface area contributed by atoms with Crippen LogP contribution >= 0.6 is 0 Å². The number of methoxy groups -OCH3 is 2. The number of likely N-dealkylation sites (tertiary alicyclic amines) is 1. The molecule has 1 fully saturated rings. The first-order valence-electron chi connectivity index (χ1n) is 9.62. The summed E-state index contributed by atoms with van der Waals surface area (Å²) in [5.41, 5.74) is 1.09. The fourth-order valence-electron chi connectivity index (χ4n) is 3.58. The summed E-state index contributed by atoms with van der Waals surface area (Å²) in [4.78, 5) is 18.9. The Morgan fingerprint density at radius 3 is 2.61 bits per heavy atom. The summed E-state index contributed by atoms with van der Waals surface area (Å²) >= 11 is 0. The van der Waals surface area contributed by atoms with E-state index < -0.39 is 0 Å². The van der Waals surface area contributed by atoms with Gasteiger partial charge in [0.25, 0.3) is 0 Å². The van der Waals surface area contributed by atoms with Crippen molar-refractivity contribution in [2.24, 2.45) is 0 Å². The van der Waals surface area contributed by atoms with Crippen LogP contribution in [0.4, 0.5) is 0 Å². The Bertz CT molecular complexity index is 786. The summed E-state index contributed by atoms with van der Waals surface area (Å²) in [6.07, 6.45) is 3.69. The number of carbonyl (C=O) groups is 1. The van der Waals surface area contributed by atoms with Crippen LogP contribution in [0.15, 0.2) is 22.7 Å². The topological polar surface area (TPSA) is 89.7 Å². The van der Waals surface area contributed by atoms with Gasteiger partial charge >= 0.3 is 0 Å². The van der Waals surface area contributed by atoms with Crippen molar-refractivity contribution in [2.75, 3.05) is 33.9 Å². The lowest BCUT2D eigenvalue weighted by atomic mass is 10.0. The molecule has 0 saturated carbocycles. The number of hydrogen-bond acceptors (Lipinski definition) is 7. The van der Waals surface area contributed by atoms with E-state index in [2.05, 4.69) is 20.4 Å². The number of rotatable bonds is 8. The van der Waals surface area contributed by atoms with Crippen molar-refractivity contribution in [1.82, 2.24) is 20.4 Å². The first kappa shape index (κ1) is 20.1. The molecule has 0 spiro atoms. The smallest absolute Gasteiger partial charge is 0.227 e. The Kier molecular flexibility index (Phi) is 6.86. The second-order valence-electron chi connectivity index (χ2n) is 6.94. The number of piperidine rings is 1. The first-order chi connectivity index (χ1) is 13.6. The highest BCUT2D eigenvalue weighted by molar-refractivity contribution is 5.77. The average Bonchev–Trinajstić information content (AvgIpc) is 3.13. The zero-order valence-corrected chi connectivity index (χ0v) is 16.7. The number of nitrogens with one attached hydrogen (secondary N) is 1. The number of nitrogens with zero attached hydrogens (tertiary/aromatic N) is 3. The summed E-state index contributed by atoms with van der Waals surface area (Å²) in [5, 5.41) is 6.81. The van der Waals surface area contributed by atoms with Crippen LogP contribution in [0.2, 0.25) is 0 Å². The Balaban J connectivity index is 1.72. The van der Waals surface area contributed by atoms with Crippen molar-refractivity contribution in [3.05, 3.63) is 35.5 Å². The summed E-state index contributed by atoms with van der Waals surface area (Å²) in [5.74, 6) is 2.12. The zero-order chi connectivity index (χ0) is 19.9. The molecule has 1 aliphatic rings. The highest BCUT2D eigenvalue weighted by Crippen LogP contribution is 2.32. The van der Waals surface area contributed by atoms with Crippen LogP contribution in [0.5, 0.6) is 11.5 Å². The molecule has 1 atom stereocenters. The van der Waals surface area contributed by atoms with E-state index in [1.807, 2.05) is 18.2 Å². The summed E-state index contributed by atoms with van der Waals surface area (Å²) < 4.78 is 15.7. The van der Waals surface area contributed by atoms with Gasteiger partial charge in [-0.05, 0) is 43.6 Å². The van der Waals surface area contributed by atoms with Crippen molar-refractivity contribution in [2.45, 2.75) is 38.6 Å². The van der Waals surface area contributed by atoms with Crippen molar-refractivity contribution in [1.29, 1.82) is 0 Å². The summed E-state index contributed by atoms with van der Waals surface area (Å²) in [6, 6.07) is 6.01. The van der Waals surface area contributed by atoms with Gasteiger partial charge in [0.15, 0.2) is 17.3 Å². The highest BCUT2D eigenvalue weighted by Gasteiger charge is 2.24. The lowest BCUT2D eigenvalue weighted by Crippen LogP contribution is -2.41. The SMILES string of the molecule is COc1ccc(C(CNC(=O)Cc2noc(C)n2)N2CCCCC2)cc1OC. The molecule has 8 heteroatoms. The summed E-state index contributed by atoms with van der Waals surface area (Å²) in [7, 11) is 3.26. The Hall–Kier alpha value is -2.61. The van der Waals surface area contributed by atoms with E-state index in [9.17, 15) is 4.79 Å². The molecule has 1 unspecified atom stereocenters. The van der Waals surface area contributed by atoms with Gasteiger partial charge in [-0.2, -0.15) is 4.98 Å². The standard InChI is InChI=1S/C20H28N4O4/c1-14-22-19(23-28-14)12-20(25)21-13-16(24-9-5-4-6-10-24)15-7-8-17(26-2)18(11-15)27-3/h7-8,11,16H,4-6,9-10,12-13H2,1-3H3,(H,21,25). The van der Waals surface area contributed by atoms with Gasteiger partial charge in [0.1, 0.15) is 0 Å². The highest BCUT2D eigenvalue weighted by atomic mass is 16.5. The number of aromatic nitrogens is 2. The van der Waals surface area contributed by atoms with Crippen molar-refractivity contribution in [3.8, 4) is 11.5 Å². The van der Waals surface area contributed by atoms with Gasteiger partial charge in [0.05, 0.1) is 26.7 Å². The largest absolute Gasteiger partial charge is 0.493 e. The average molecular weight is 388 g/mol. The van der Waals surface area contributed by atoms with Crippen LogP contribution < -0.4 is 14.8 Å². The van der Waals surface area contributed by atoms with Crippen LogP contribution in [-0.4, -0.2) is 54.8 Å². The number of hydrogen-bond donors (Lipinski definition) is 1. The second kappa shape index (κ2) is 9.54. The predicted molar refractivity (Wildman–Crippen MR) is 103 cm³/mol. The molecule has 152 valence electrons. The van der Waals surface area contributed by atoms with E-state index in [0.717, 1.165) is 18.7 Å². The molecule has 28 heavy (non-hydrogen) atoms. The second-order valence-corrected chi connectivity index (χ2v) is 6.94. The van der Waals surface area contributed by atoms with E-state index in [4.69, 9.17) is 14.0 Å². The number of ether oxygens (including phenoxy) is 2. The van der Waals surface area contributed by atoms with Crippen LogP contribution in [0, 0.1) is 6.92 Å². The monoisotopic (exact) mass is 388 g/mol. The molecule has 0 radical (unpaired) electrons. The van der Waals surface area contributed by atoms with Gasteiger partial charge in [-0.15, -0.1) is 0 Å². The van der Waals surface area contributed by atoms with Crippen LogP contribution in [0.25, 0.3) is 0 Å². The lowest BCUT2D eigenvalue weighted by Gasteiger charge is -2.35. The molecule has 1 N–H and O–H groups in total.